The molecule has 6 rings (SSSR count). The van der Waals surface area contributed by atoms with Crippen molar-refractivity contribution in [1.29, 1.82) is 0 Å². The lowest BCUT2D eigenvalue weighted by atomic mass is 9.93. The minimum absolute atomic E-state index is 0.0121. The van der Waals surface area contributed by atoms with Crippen LogP contribution in [0.4, 0.5) is 23.4 Å². The van der Waals surface area contributed by atoms with Gasteiger partial charge in [0, 0.05) is 18.1 Å². The van der Waals surface area contributed by atoms with Gasteiger partial charge in [0.05, 0.1) is 30.5 Å². The second-order valence-corrected chi connectivity index (χ2v) is 8.72. The second kappa shape index (κ2) is 7.67. The van der Waals surface area contributed by atoms with Crippen LogP contribution in [-0.2, 0) is 0 Å². The van der Waals surface area contributed by atoms with Crippen molar-refractivity contribution in [3.63, 3.8) is 0 Å². The summed E-state index contributed by atoms with van der Waals surface area (Å²) in [5.41, 5.74) is 8.10. The predicted octanol–water partition coefficient (Wildman–Crippen LogP) is 3.75. The van der Waals surface area contributed by atoms with Crippen molar-refractivity contribution in [2.24, 2.45) is 0 Å². The molecular weight excluding hydrogens is 484 g/mol. The normalized spacial score (nSPS) is 21.4. The third-order valence-electron chi connectivity index (χ3n) is 6.41. The smallest absolute Gasteiger partial charge is 0.487 e. The number of benzene rings is 1. The summed E-state index contributed by atoms with van der Waals surface area (Å²) >= 11 is 0. The number of carbonyl (C=O) groups is 1. The molecule has 1 fully saturated rings. The second-order valence-electron chi connectivity index (χ2n) is 8.72. The van der Waals surface area contributed by atoms with Gasteiger partial charge < -0.3 is 20.1 Å². The third kappa shape index (κ3) is 3.53. The van der Waals surface area contributed by atoms with Crippen molar-refractivity contribution < 1.29 is 31.8 Å². The summed E-state index contributed by atoms with van der Waals surface area (Å²) in [7, 11) is 0. The third-order valence-corrected chi connectivity index (χ3v) is 6.41. The molecule has 3 aromatic heterocycles. The molecule has 4 aromatic rings. The van der Waals surface area contributed by atoms with Gasteiger partial charge in [0.1, 0.15) is 52.1 Å². The van der Waals surface area contributed by atoms with E-state index in [0.717, 1.165) is 12.1 Å². The Balaban J connectivity index is 1.39. The average Bonchev–Trinajstić information content (AvgIpc) is 3.37. The van der Waals surface area contributed by atoms with Crippen LogP contribution in [-0.4, -0.2) is 55.3 Å². The SMILES string of the molecule is Cc1ncc2c(N)nc3cnc(C(=O)N4C[C@@H](F)C[C@@H]5Oc6cc(OC(F)(F)F)ccc6[C@@H]54)cc3n12. The Morgan fingerprint density at radius 3 is 2.78 bits per heavy atom. The number of halogens is 4. The van der Waals surface area contributed by atoms with E-state index < -0.39 is 36.3 Å². The number of rotatable bonds is 2. The molecular formula is C23H18F4N6O3. The van der Waals surface area contributed by atoms with Crippen molar-refractivity contribution >= 4 is 28.3 Å². The largest absolute Gasteiger partial charge is 0.573 e. The zero-order valence-corrected chi connectivity index (χ0v) is 18.7. The van der Waals surface area contributed by atoms with Gasteiger partial charge in [-0.3, -0.25) is 9.20 Å². The molecule has 0 saturated carbocycles. The maximum Gasteiger partial charge on any atom is 0.573 e. The Bertz CT molecular complexity index is 1540. The predicted molar refractivity (Wildman–Crippen MR) is 118 cm³/mol. The highest BCUT2D eigenvalue weighted by molar-refractivity contribution is 5.96. The first-order valence-electron chi connectivity index (χ1n) is 11.0. The molecule has 36 heavy (non-hydrogen) atoms. The van der Waals surface area contributed by atoms with Gasteiger partial charge in [-0.05, 0) is 25.1 Å². The number of alkyl halides is 4. The molecule has 0 aliphatic carbocycles. The molecule has 2 aliphatic heterocycles. The van der Waals surface area contributed by atoms with E-state index in [1.807, 2.05) is 0 Å². The first-order chi connectivity index (χ1) is 17.1. The minimum atomic E-state index is -4.87. The maximum atomic E-state index is 14.7. The molecule has 3 atom stereocenters. The summed E-state index contributed by atoms with van der Waals surface area (Å²) in [6, 6.07) is 4.49. The van der Waals surface area contributed by atoms with Gasteiger partial charge in [0.2, 0.25) is 0 Å². The lowest BCUT2D eigenvalue weighted by Gasteiger charge is -2.38. The molecule has 1 amide bonds. The summed E-state index contributed by atoms with van der Waals surface area (Å²) in [6.07, 6.45) is -4.05. The maximum absolute atomic E-state index is 14.7. The standard InChI is InChI=1S/C23H18F4N6O3/c1-10-29-8-17-21(28)31-15-7-30-14(6-16(15)33(10)17)22(34)32-9-11(24)4-19-20(32)13-3-2-12(5-18(13)35-19)36-23(25,26)27/h2-3,5-8,11,19-20H,4,9H2,1H3,(H2,28,31)/t11-,19-,20-/m0/s1. The number of likely N-dealkylation sites (tertiary alicyclic amines) is 1. The summed E-state index contributed by atoms with van der Waals surface area (Å²) < 4.78 is 64.1. The summed E-state index contributed by atoms with van der Waals surface area (Å²) in [6.45, 7) is 1.56. The zero-order chi connectivity index (χ0) is 25.4. The number of nitrogens with zero attached hydrogens (tertiary/aromatic N) is 5. The molecule has 0 spiro atoms. The Labute approximate surface area is 200 Å². The lowest BCUT2D eigenvalue weighted by Crippen LogP contribution is -2.49. The van der Waals surface area contributed by atoms with E-state index in [9.17, 15) is 22.4 Å². The Morgan fingerprint density at radius 1 is 1.19 bits per heavy atom. The first kappa shape index (κ1) is 22.3. The number of imidazole rings is 1. The van der Waals surface area contributed by atoms with Gasteiger partial charge in [-0.2, -0.15) is 0 Å². The van der Waals surface area contributed by atoms with Crippen LogP contribution in [0.3, 0.4) is 0 Å². The number of ether oxygens (including phenoxy) is 2. The van der Waals surface area contributed by atoms with Crippen LogP contribution in [0.5, 0.6) is 11.5 Å². The molecule has 2 aliphatic rings. The molecule has 1 aromatic carbocycles. The van der Waals surface area contributed by atoms with Crippen LogP contribution in [0.15, 0.2) is 36.7 Å². The van der Waals surface area contributed by atoms with Crippen LogP contribution < -0.4 is 15.2 Å². The molecule has 9 nitrogen and oxygen atoms in total. The quantitative estimate of drug-likeness (QED) is 0.416. The van der Waals surface area contributed by atoms with Crippen molar-refractivity contribution in [2.75, 3.05) is 12.3 Å². The molecule has 0 bridgehead atoms. The number of aromatic nitrogens is 4. The number of nitrogens with two attached hydrogens (primary N) is 1. The number of aryl methyl sites for hydroxylation is 1. The van der Waals surface area contributed by atoms with Crippen LogP contribution in [0, 0.1) is 6.92 Å². The fourth-order valence-corrected chi connectivity index (χ4v) is 4.98. The topological polar surface area (TPSA) is 108 Å². The van der Waals surface area contributed by atoms with Gasteiger partial charge >= 0.3 is 6.36 Å². The van der Waals surface area contributed by atoms with Crippen molar-refractivity contribution in [2.45, 2.75) is 38.0 Å². The highest BCUT2D eigenvalue weighted by Gasteiger charge is 2.47. The number of piperidine rings is 1. The summed E-state index contributed by atoms with van der Waals surface area (Å²) in [5, 5.41) is 0. The van der Waals surface area contributed by atoms with Crippen molar-refractivity contribution in [3.05, 3.63) is 53.7 Å². The van der Waals surface area contributed by atoms with E-state index in [0.29, 0.717) is 27.9 Å². The summed E-state index contributed by atoms with van der Waals surface area (Å²) in [5.74, 6) is -0.0101. The molecule has 5 heterocycles. The van der Waals surface area contributed by atoms with E-state index >= 15 is 0 Å². The van der Waals surface area contributed by atoms with E-state index in [1.165, 1.54) is 17.2 Å². The Hall–Kier alpha value is -4.16. The van der Waals surface area contributed by atoms with E-state index in [4.69, 9.17) is 10.5 Å². The van der Waals surface area contributed by atoms with E-state index in [-0.39, 0.29) is 30.2 Å². The molecule has 0 unspecified atom stereocenters. The summed E-state index contributed by atoms with van der Waals surface area (Å²) in [4.78, 5) is 27.7. The van der Waals surface area contributed by atoms with Crippen molar-refractivity contribution in [3.8, 4) is 11.5 Å². The number of hydrogen-bond donors (Lipinski definition) is 1. The number of carbonyl (C=O) groups excluding carboxylic acids is 1. The molecule has 2 N–H and O–H groups in total. The number of amides is 1. The minimum Gasteiger partial charge on any atom is -0.487 e. The highest BCUT2D eigenvalue weighted by atomic mass is 19.4. The number of pyridine rings is 1. The number of fused-ring (bicyclic) bond motifs is 6. The molecule has 1 saturated heterocycles. The van der Waals surface area contributed by atoms with Gasteiger partial charge in [-0.25, -0.2) is 19.3 Å². The first-order valence-corrected chi connectivity index (χ1v) is 11.0. The van der Waals surface area contributed by atoms with E-state index in [1.54, 1.807) is 23.6 Å². The number of anilines is 1. The Kier molecular flexibility index (Phi) is 4.75. The van der Waals surface area contributed by atoms with Crippen LogP contribution in [0.2, 0.25) is 0 Å². The van der Waals surface area contributed by atoms with Gasteiger partial charge in [0.15, 0.2) is 0 Å². The number of hydrogen-bond acceptors (Lipinski definition) is 7. The molecule has 186 valence electrons. The Morgan fingerprint density at radius 2 is 2.00 bits per heavy atom. The lowest BCUT2D eigenvalue weighted by molar-refractivity contribution is -0.274. The van der Waals surface area contributed by atoms with Crippen molar-refractivity contribution in [1.82, 2.24) is 24.3 Å². The fourth-order valence-electron chi connectivity index (χ4n) is 4.98. The highest BCUT2D eigenvalue weighted by Crippen LogP contribution is 2.47. The zero-order valence-electron chi connectivity index (χ0n) is 18.7. The van der Waals surface area contributed by atoms with E-state index in [2.05, 4.69) is 19.7 Å². The van der Waals surface area contributed by atoms with Gasteiger partial charge in [-0.1, -0.05) is 0 Å². The monoisotopic (exact) mass is 502 g/mol. The number of nitrogen functional groups attached to an aromatic ring is 1. The molecule has 0 radical (unpaired) electrons. The van der Waals surface area contributed by atoms with Crippen LogP contribution in [0.1, 0.15) is 34.3 Å². The van der Waals surface area contributed by atoms with Crippen LogP contribution >= 0.6 is 0 Å². The van der Waals surface area contributed by atoms with Crippen LogP contribution in [0.25, 0.3) is 16.6 Å². The van der Waals surface area contributed by atoms with Gasteiger partial charge in [-0.15, -0.1) is 13.2 Å². The average molecular weight is 502 g/mol. The fraction of sp³-hybridized carbons (Fsp3) is 0.304. The molecule has 13 heteroatoms. The van der Waals surface area contributed by atoms with Gasteiger partial charge in [0.25, 0.3) is 5.91 Å².